The van der Waals surface area contributed by atoms with Crippen molar-refractivity contribution in [3.8, 4) is 11.3 Å². The summed E-state index contributed by atoms with van der Waals surface area (Å²) < 4.78 is 0. The molecule has 27 heavy (non-hydrogen) atoms. The van der Waals surface area contributed by atoms with Gasteiger partial charge in [0.2, 0.25) is 0 Å². The third kappa shape index (κ3) is 5.05. The molecule has 136 valence electrons. The number of hydrogen-bond acceptors (Lipinski definition) is 3. The first-order valence-electron chi connectivity index (χ1n) is 9.01. The molecule has 0 aliphatic heterocycles. The van der Waals surface area contributed by atoms with Crippen LogP contribution in [0.25, 0.3) is 11.3 Å². The lowest BCUT2D eigenvalue weighted by atomic mass is 10.1. The van der Waals surface area contributed by atoms with Crippen LogP contribution in [0.5, 0.6) is 0 Å². The van der Waals surface area contributed by atoms with Gasteiger partial charge in [0.1, 0.15) is 5.82 Å². The molecule has 0 aliphatic rings. The molecular formula is C23H23N3O. The van der Waals surface area contributed by atoms with Crippen molar-refractivity contribution < 1.29 is 4.79 Å². The average molecular weight is 357 g/mol. The number of nitrogens with one attached hydrogen (secondary N) is 2. The quantitative estimate of drug-likeness (QED) is 0.590. The zero-order valence-corrected chi connectivity index (χ0v) is 15.2. The summed E-state index contributed by atoms with van der Waals surface area (Å²) in [6.45, 7) is 4.75. The van der Waals surface area contributed by atoms with E-state index in [9.17, 15) is 4.79 Å². The Morgan fingerprint density at radius 1 is 0.963 bits per heavy atom. The van der Waals surface area contributed by atoms with E-state index in [4.69, 9.17) is 4.98 Å². The molecule has 0 radical (unpaired) electrons. The largest absolute Gasteiger partial charge is 0.369 e. The van der Waals surface area contributed by atoms with Crippen LogP contribution in [0.1, 0.15) is 15.9 Å². The van der Waals surface area contributed by atoms with Crippen LogP contribution in [0.4, 0.5) is 5.82 Å². The minimum atomic E-state index is -0.163. The fraction of sp³-hybridized carbons (Fsp3) is 0.130. The second-order valence-corrected chi connectivity index (χ2v) is 6.12. The molecule has 2 N–H and O–H groups in total. The van der Waals surface area contributed by atoms with E-state index in [-0.39, 0.29) is 5.91 Å². The Balaban J connectivity index is 1.82. The molecule has 3 rings (SSSR count). The highest BCUT2D eigenvalue weighted by molar-refractivity contribution is 5.99. The summed E-state index contributed by atoms with van der Waals surface area (Å²) in [6, 6.07) is 23.9. The lowest BCUT2D eigenvalue weighted by molar-refractivity contribution is 0.0958. The van der Waals surface area contributed by atoms with Gasteiger partial charge in [-0.25, -0.2) is 4.98 Å². The van der Waals surface area contributed by atoms with Crippen molar-refractivity contribution in [1.29, 1.82) is 0 Å². The molecular weight excluding hydrogens is 334 g/mol. The first-order valence-corrected chi connectivity index (χ1v) is 9.01. The Hall–Kier alpha value is -3.40. The monoisotopic (exact) mass is 357 g/mol. The SMILES string of the molecule is C=CCNC(=O)c1ccc(-c2ccccc2)nc1NCCc1ccccc1. The van der Waals surface area contributed by atoms with Crippen LogP contribution in [-0.2, 0) is 6.42 Å². The summed E-state index contributed by atoms with van der Waals surface area (Å²) in [6.07, 6.45) is 2.51. The second-order valence-electron chi connectivity index (χ2n) is 6.12. The number of anilines is 1. The highest BCUT2D eigenvalue weighted by Gasteiger charge is 2.13. The molecule has 1 amide bonds. The van der Waals surface area contributed by atoms with Gasteiger partial charge in [-0.1, -0.05) is 66.7 Å². The molecule has 1 aromatic heterocycles. The molecule has 4 nitrogen and oxygen atoms in total. The molecule has 0 atom stereocenters. The van der Waals surface area contributed by atoms with Crippen molar-refractivity contribution >= 4 is 11.7 Å². The summed E-state index contributed by atoms with van der Waals surface area (Å²) in [5.41, 5.74) is 3.62. The maximum Gasteiger partial charge on any atom is 0.255 e. The van der Waals surface area contributed by atoms with Crippen LogP contribution in [0.3, 0.4) is 0 Å². The lowest BCUT2D eigenvalue weighted by Gasteiger charge is -2.13. The van der Waals surface area contributed by atoms with E-state index in [0.717, 1.165) is 17.7 Å². The predicted molar refractivity (Wildman–Crippen MR) is 111 cm³/mol. The topological polar surface area (TPSA) is 54.0 Å². The lowest BCUT2D eigenvalue weighted by Crippen LogP contribution is -2.25. The fourth-order valence-corrected chi connectivity index (χ4v) is 2.78. The highest BCUT2D eigenvalue weighted by Crippen LogP contribution is 2.22. The van der Waals surface area contributed by atoms with E-state index in [0.29, 0.717) is 24.5 Å². The van der Waals surface area contributed by atoms with Crippen LogP contribution >= 0.6 is 0 Å². The minimum absolute atomic E-state index is 0.163. The Bertz CT molecular complexity index is 892. The first-order chi connectivity index (χ1) is 13.3. The number of rotatable bonds is 8. The van der Waals surface area contributed by atoms with Gasteiger partial charge in [0.25, 0.3) is 5.91 Å². The summed E-state index contributed by atoms with van der Waals surface area (Å²) in [4.78, 5) is 17.2. The number of pyridine rings is 1. The maximum absolute atomic E-state index is 12.5. The number of carbonyl (C=O) groups excluding carboxylic acids is 1. The first kappa shape index (κ1) is 18.4. The summed E-state index contributed by atoms with van der Waals surface area (Å²) in [7, 11) is 0. The minimum Gasteiger partial charge on any atom is -0.369 e. The summed E-state index contributed by atoms with van der Waals surface area (Å²) >= 11 is 0. The van der Waals surface area contributed by atoms with Gasteiger partial charge in [0, 0.05) is 18.7 Å². The van der Waals surface area contributed by atoms with Crippen LogP contribution in [0, 0.1) is 0 Å². The van der Waals surface area contributed by atoms with E-state index in [1.165, 1.54) is 5.56 Å². The van der Waals surface area contributed by atoms with Crippen LogP contribution in [-0.4, -0.2) is 24.0 Å². The Morgan fingerprint density at radius 3 is 2.37 bits per heavy atom. The predicted octanol–water partition coefficient (Wildman–Crippen LogP) is 4.32. The number of nitrogens with zero attached hydrogens (tertiary/aromatic N) is 1. The maximum atomic E-state index is 12.5. The van der Waals surface area contributed by atoms with Crippen molar-refractivity contribution in [2.75, 3.05) is 18.4 Å². The van der Waals surface area contributed by atoms with E-state index < -0.39 is 0 Å². The number of amides is 1. The van der Waals surface area contributed by atoms with Crippen molar-refractivity contribution in [3.05, 3.63) is 96.6 Å². The van der Waals surface area contributed by atoms with Gasteiger partial charge in [-0.15, -0.1) is 6.58 Å². The van der Waals surface area contributed by atoms with Crippen molar-refractivity contribution in [2.24, 2.45) is 0 Å². The molecule has 0 fully saturated rings. The second kappa shape index (κ2) is 9.34. The van der Waals surface area contributed by atoms with E-state index in [1.54, 1.807) is 6.08 Å². The average Bonchev–Trinajstić information content (AvgIpc) is 2.73. The van der Waals surface area contributed by atoms with Crippen LogP contribution < -0.4 is 10.6 Å². The van der Waals surface area contributed by atoms with Crippen LogP contribution in [0.15, 0.2) is 85.5 Å². The molecule has 3 aromatic rings. The van der Waals surface area contributed by atoms with Gasteiger partial charge >= 0.3 is 0 Å². The van der Waals surface area contributed by atoms with Gasteiger partial charge < -0.3 is 10.6 Å². The molecule has 1 heterocycles. The molecule has 0 aliphatic carbocycles. The van der Waals surface area contributed by atoms with E-state index >= 15 is 0 Å². The normalized spacial score (nSPS) is 10.2. The van der Waals surface area contributed by atoms with Gasteiger partial charge in [0.15, 0.2) is 0 Å². The summed E-state index contributed by atoms with van der Waals surface area (Å²) in [5.74, 6) is 0.429. The zero-order valence-electron chi connectivity index (χ0n) is 15.2. The standard InChI is InChI=1S/C23H23N3O/c1-2-16-25-23(27)20-13-14-21(19-11-7-4-8-12-19)26-22(20)24-17-15-18-9-5-3-6-10-18/h2-14H,1,15-17H2,(H,24,26)(H,25,27). The Labute approximate surface area is 160 Å². The van der Waals surface area contributed by atoms with Crippen LogP contribution in [0.2, 0.25) is 0 Å². The zero-order chi connectivity index (χ0) is 18.9. The third-order valence-electron chi connectivity index (χ3n) is 4.17. The molecule has 0 saturated heterocycles. The van der Waals surface area contributed by atoms with Crippen molar-refractivity contribution in [1.82, 2.24) is 10.3 Å². The number of aromatic nitrogens is 1. The third-order valence-corrected chi connectivity index (χ3v) is 4.17. The van der Waals surface area contributed by atoms with Crippen molar-refractivity contribution in [2.45, 2.75) is 6.42 Å². The number of benzene rings is 2. The summed E-state index contributed by atoms with van der Waals surface area (Å²) in [5, 5.41) is 6.15. The van der Waals surface area contributed by atoms with E-state index in [2.05, 4.69) is 29.3 Å². The Kier molecular flexibility index (Phi) is 6.36. The highest BCUT2D eigenvalue weighted by atomic mass is 16.1. The van der Waals surface area contributed by atoms with Gasteiger partial charge in [-0.05, 0) is 24.1 Å². The fourth-order valence-electron chi connectivity index (χ4n) is 2.78. The smallest absolute Gasteiger partial charge is 0.255 e. The molecule has 0 saturated carbocycles. The number of hydrogen-bond donors (Lipinski definition) is 2. The molecule has 0 spiro atoms. The van der Waals surface area contributed by atoms with Gasteiger partial charge in [-0.2, -0.15) is 0 Å². The Morgan fingerprint density at radius 2 is 1.67 bits per heavy atom. The van der Waals surface area contributed by atoms with Crippen molar-refractivity contribution in [3.63, 3.8) is 0 Å². The number of carbonyl (C=O) groups is 1. The van der Waals surface area contributed by atoms with E-state index in [1.807, 2.05) is 60.7 Å². The molecule has 4 heteroatoms. The molecule has 2 aromatic carbocycles. The molecule has 0 bridgehead atoms. The van der Waals surface area contributed by atoms with Gasteiger partial charge in [0.05, 0.1) is 11.3 Å². The molecule has 0 unspecified atom stereocenters. The van der Waals surface area contributed by atoms with Gasteiger partial charge in [-0.3, -0.25) is 4.79 Å².